The van der Waals surface area contributed by atoms with Gasteiger partial charge in [0.25, 0.3) is 5.91 Å². The number of hydrogen-bond acceptors (Lipinski definition) is 3. The van der Waals surface area contributed by atoms with Crippen molar-refractivity contribution in [3.8, 4) is 0 Å². The standard InChI is InChI=1S/C17H24N4O2.HI/c1-21(14-7-8-14)17(18)19-11-12-4-2-5-13(10-12)20-16(22)15-6-3-9-23-15;/h2,4-5,10,14-15H,3,6-9,11H2,1H3,(H2,18,19)(H,20,22);1H. The van der Waals surface area contributed by atoms with Crippen molar-refractivity contribution in [2.24, 2.45) is 10.7 Å². The highest BCUT2D eigenvalue weighted by Gasteiger charge is 2.27. The molecule has 0 radical (unpaired) electrons. The van der Waals surface area contributed by atoms with Gasteiger partial charge in [0.05, 0.1) is 6.54 Å². The molecule has 0 aromatic heterocycles. The number of guanidine groups is 1. The lowest BCUT2D eigenvalue weighted by molar-refractivity contribution is -0.124. The van der Waals surface area contributed by atoms with Crippen molar-refractivity contribution in [2.75, 3.05) is 19.0 Å². The van der Waals surface area contributed by atoms with Gasteiger partial charge >= 0.3 is 0 Å². The molecule has 6 nitrogen and oxygen atoms in total. The van der Waals surface area contributed by atoms with Crippen molar-refractivity contribution in [1.82, 2.24) is 4.90 Å². The molecule has 3 N–H and O–H groups in total. The molecule has 2 fully saturated rings. The first-order valence-electron chi connectivity index (χ1n) is 8.17. The summed E-state index contributed by atoms with van der Waals surface area (Å²) in [4.78, 5) is 18.5. The number of carbonyl (C=O) groups excluding carboxylic acids is 1. The maximum absolute atomic E-state index is 12.1. The van der Waals surface area contributed by atoms with Gasteiger partial charge in [-0.15, -0.1) is 24.0 Å². The van der Waals surface area contributed by atoms with E-state index in [4.69, 9.17) is 10.5 Å². The number of amides is 1. The van der Waals surface area contributed by atoms with Gasteiger partial charge in [0.2, 0.25) is 0 Å². The normalized spacial score (nSPS) is 20.4. The second-order valence-electron chi connectivity index (χ2n) is 6.21. The number of aliphatic imine (C=N–C) groups is 1. The van der Waals surface area contributed by atoms with Crippen LogP contribution in [0.4, 0.5) is 5.69 Å². The Bertz CT molecular complexity index is 598. The zero-order chi connectivity index (χ0) is 16.2. The summed E-state index contributed by atoms with van der Waals surface area (Å²) in [5, 5.41) is 2.91. The maximum atomic E-state index is 12.1. The number of halogens is 1. The lowest BCUT2D eigenvalue weighted by atomic mass is 10.2. The number of rotatable bonds is 5. The van der Waals surface area contributed by atoms with E-state index in [1.54, 1.807) is 0 Å². The largest absolute Gasteiger partial charge is 0.370 e. The van der Waals surface area contributed by atoms with Gasteiger partial charge in [-0.1, -0.05) is 12.1 Å². The van der Waals surface area contributed by atoms with Gasteiger partial charge in [-0.25, -0.2) is 4.99 Å². The molecule has 2 aliphatic rings. The number of benzene rings is 1. The van der Waals surface area contributed by atoms with Gasteiger partial charge in [0, 0.05) is 25.4 Å². The molecule has 132 valence electrons. The van der Waals surface area contributed by atoms with Crippen LogP contribution in [0.2, 0.25) is 0 Å². The zero-order valence-corrected chi connectivity index (χ0v) is 16.2. The van der Waals surface area contributed by atoms with E-state index >= 15 is 0 Å². The van der Waals surface area contributed by atoms with Crippen LogP contribution >= 0.6 is 24.0 Å². The summed E-state index contributed by atoms with van der Waals surface area (Å²) in [7, 11) is 1.98. The minimum Gasteiger partial charge on any atom is -0.370 e. The molecule has 3 rings (SSSR count). The van der Waals surface area contributed by atoms with Gasteiger partial charge < -0.3 is 20.7 Å². The number of carbonyl (C=O) groups is 1. The van der Waals surface area contributed by atoms with Crippen molar-refractivity contribution in [1.29, 1.82) is 0 Å². The summed E-state index contributed by atoms with van der Waals surface area (Å²) >= 11 is 0. The van der Waals surface area contributed by atoms with Gasteiger partial charge in [-0.05, 0) is 43.4 Å². The SMILES string of the molecule is CN(C(N)=NCc1cccc(NC(=O)C2CCCO2)c1)C1CC1.I. The highest BCUT2D eigenvalue weighted by molar-refractivity contribution is 14.0. The number of nitrogens with one attached hydrogen (secondary N) is 1. The third-order valence-electron chi connectivity index (χ3n) is 4.30. The molecule has 1 aliphatic carbocycles. The summed E-state index contributed by atoms with van der Waals surface area (Å²) in [6.07, 6.45) is 3.80. The Balaban J connectivity index is 0.00000208. The lowest BCUT2D eigenvalue weighted by Crippen LogP contribution is -2.35. The fourth-order valence-electron chi connectivity index (χ4n) is 2.69. The van der Waals surface area contributed by atoms with E-state index in [0.717, 1.165) is 24.1 Å². The molecule has 1 aromatic carbocycles. The highest BCUT2D eigenvalue weighted by Crippen LogP contribution is 2.25. The molecule has 1 amide bonds. The molecule has 1 saturated heterocycles. The average molecular weight is 444 g/mol. The van der Waals surface area contributed by atoms with Crippen LogP contribution in [-0.4, -0.2) is 42.6 Å². The van der Waals surface area contributed by atoms with Crippen LogP contribution in [0.3, 0.4) is 0 Å². The molecular weight excluding hydrogens is 419 g/mol. The van der Waals surface area contributed by atoms with Crippen LogP contribution in [0, 0.1) is 0 Å². The predicted molar refractivity (Wildman–Crippen MR) is 106 cm³/mol. The van der Waals surface area contributed by atoms with Crippen LogP contribution in [0.5, 0.6) is 0 Å². The lowest BCUT2D eigenvalue weighted by Gasteiger charge is -2.17. The van der Waals surface area contributed by atoms with Crippen molar-refractivity contribution in [2.45, 2.75) is 44.4 Å². The molecule has 7 heteroatoms. The van der Waals surface area contributed by atoms with Gasteiger partial charge in [0.15, 0.2) is 5.96 Å². The van der Waals surface area contributed by atoms with Crippen LogP contribution in [0.1, 0.15) is 31.2 Å². The van der Waals surface area contributed by atoms with E-state index in [2.05, 4.69) is 10.3 Å². The average Bonchev–Trinajstić information content (AvgIpc) is 3.26. The Morgan fingerprint density at radius 2 is 2.21 bits per heavy atom. The first-order chi connectivity index (χ1) is 11.1. The van der Waals surface area contributed by atoms with Crippen LogP contribution < -0.4 is 11.1 Å². The maximum Gasteiger partial charge on any atom is 0.253 e. The first kappa shape index (κ1) is 19.0. The molecule has 1 unspecified atom stereocenters. The Labute approximate surface area is 159 Å². The Hall–Kier alpha value is -1.35. The molecule has 0 bridgehead atoms. The summed E-state index contributed by atoms with van der Waals surface area (Å²) in [6, 6.07) is 8.25. The number of anilines is 1. The second-order valence-corrected chi connectivity index (χ2v) is 6.21. The third kappa shape index (κ3) is 5.07. The fraction of sp³-hybridized carbons (Fsp3) is 0.529. The fourth-order valence-corrected chi connectivity index (χ4v) is 2.69. The van der Waals surface area contributed by atoms with Gasteiger partial charge in [-0.3, -0.25) is 4.79 Å². The highest BCUT2D eigenvalue weighted by atomic mass is 127. The molecule has 1 heterocycles. The Morgan fingerprint density at radius 1 is 1.42 bits per heavy atom. The third-order valence-corrected chi connectivity index (χ3v) is 4.30. The summed E-state index contributed by atoms with van der Waals surface area (Å²) in [6.45, 7) is 1.17. The molecule has 0 spiro atoms. The number of ether oxygens (including phenoxy) is 1. The molecule has 1 saturated carbocycles. The van der Waals surface area contributed by atoms with E-state index in [1.165, 1.54) is 12.8 Å². The Morgan fingerprint density at radius 3 is 2.88 bits per heavy atom. The number of hydrogen-bond donors (Lipinski definition) is 2. The van der Waals surface area contributed by atoms with Crippen LogP contribution in [-0.2, 0) is 16.1 Å². The quantitative estimate of drug-likeness (QED) is 0.415. The van der Waals surface area contributed by atoms with Crippen molar-refractivity contribution in [3.05, 3.63) is 29.8 Å². The number of nitrogens with zero attached hydrogens (tertiary/aromatic N) is 2. The monoisotopic (exact) mass is 444 g/mol. The smallest absolute Gasteiger partial charge is 0.253 e. The summed E-state index contributed by atoms with van der Waals surface area (Å²) in [5.74, 6) is 0.498. The number of nitrogens with two attached hydrogens (primary N) is 1. The van der Waals surface area contributed by atoms with Gasteiger partial charge in [-0.2, -0.15) is 0 Å². The van der Waals surface area contributed by atoms with Crippen molar-refractivity contribution >= 4 is 41.5 Å². The summed E-state index contributed by atoms with van der Waals surface area (Å²) in [5.41, 5.74) is 7.78. The molecule has 1 aliphatic heterocycles. The second kappa shape index (κ2) is 8.66. The minimum atomic E-state index is -0.320. The topological polar surface area (TPSA) is 80.0 Å². The van der Waals surface area contributed by atoms with E-state index < -0.39 is 0 Å². The predicted octanol–water partition coefficient (Wildman–Crippen LogP) is 2.33. The minimum absolute atomic E-state index is 0. The van der Waals surface area contributed by atoms with Crippen LogP contribution in [0.15, 0.2) is 29.3 Å². The molecule has 24 heavy (non-hydrogen) atoms. The van der Waals surface area contributed by atoms with Crippen LogP contribution in [0.25, 0.3) is 0 Å². The zero-order valence-electron chi connectivity index (χ0n) is 13.9. The van der Waals surface area contributed by atoms with E-state index in [-0.39, 0.29) is 36.0 Å². The summed E-state index contributed by atoms with van der Waals surface area (Å²) < 4.78 is 5.39. The van der Waals surface area contributed by atoms with E-state index in [9.17, 15) is 4.79 Å². The van der Waals surface area contributed by atoms with Gasteiger partial charge in [0.1, 0.15) is 6.10 Å². The first-order valence-corrected chi connectivity index (χ1v) is 8.17. The van der Waals surface area contributed by atoms with Crippen molar-refractivity contribution in [3.63, 3.8) is 0 Å². The molecule has 1 aromatic rings. The van der Waals surface area contributed by atoms with Crippen molar-refractivity contribution < 1.29 is 9.53 Å². The van der Waals surface area contributed by atoms with E-state index in [1.807, 2.05) is 36.2 Å². The Kier molecular flexibility index (Phi) is 6.85. The molecular formula is C17H25IN4O2. The van der Waals surface area contributed by atoms with E-state index in [0.29, 0.717) is 25.2 Å². The molecule has 1 atom stereocenters.